The van der Waals surface area contributed by atoms with Gasteiger partial charge in [0.25, 0.3) is 0 Å². The first-order valence-electron chi connectivity index (χ1n) is 5.59. The van der Waals surface area contributed by atoms with Gasteiger partial charge in [0.2, 0.25) is 0 Å². The zero-order chi connectivity index (χ0) is 11.3. The van der Waals surface area contributed by atoms with E-state index in [4.69, 9.17) is 5.26 Å². The summed E-state index contributed by atoms with van der Waals surface area (Å²) in [5.74, 6) is 1.62. The zero-order valence-electron chi connectivity index (χ0n) is 9.83. The van der Waals surface area contributed by atoms with Crippen molar-refractivity contribution in [3.63, 3.8) is 0 Å². The molecule has 0 spiro atoms. The Labute approximate surface area is 92.7 Å². The maximum atomic E-state index is 7.32. The van der Waals surface area contributed by atoms with E-state index in [0.29, 0.717) is 0 Å². The Bertz CT molecular complexity index is 347. The van der Waals surface area contributed by atoms with Gasteiger partial charge in [-0.15, -0.1) is 0 Å². The molecule has 1 heteroatoms. The van der Waals surface area contributed by atoms with Gasteiger partial charge >= 0.3 is 0 Å². The van der Waals surface area contributed by atoms with Crippen LogP contribution in [0.2, 0.25) is 0 Å². The van der Waals surface area contributed by atoms with Gasteiger partial charge in [-0.1, -0.05) is 38.1 Å². The van der Waals surface area contributed by atoms with Crippen LogP contribution in [0, 0.1) is 17.2 Å². The highest BCUT2D eigenvalue weighted by Gasteiger charge is 2.23. The highest BCUT2D eigenvalue weighted by atomic mass is 14.3. The fourth-order valence-corrected chi connectivity index (χ4v) is 2.28. The molecule has 1 aromatic carbocycles. The van der Waals surface area contributed by atoms with E-state index in [0.717, 1.165) is 11.8 Å². The van der Waals surface area contributed by atoms with Crippen molar-refractivity contribution >= 4 is 0 Å². The van der Waals surface area contributed by atoms with Crippen molar-refractivity contribution in [2.45, 2.75) is 39.5 Å². The van der Waals surface area contributed by atoms with Crippen molar-refractivity contribution in [3.05, 3.63) is 35.4 Å². The molecule has 0 heterocycles. The van der Waals surface area contributed by atoms with Crippen LogP contribution in [0.15, 0.2) is 24.3 Å². The van der Waals surface area contributed by atoms with Crippen molar-refractivity contribution in [1.82, 2.24) is 0 Å². The first-order valence-corrected chi connectivity index (χ1v) is 5.59. The minimum absolute atomic E-state index is 0.800. The molecule has 0 aromatic heterocycles. The Morgan fingerprint density at radius 1 is 1.33 bits per heavy atom. The van der Waals surface area contributed by atoms with Gasteiger partial charge in [-0.25, -0.2) is 0 Å². The van der Waals surface area contributed by atoms with Crippen LogP contribution in [-0.2, 0) is 6.42 Å². The second-order valence-electron chi connectivity index (χ2n) is 4.31. The molecular formula is C14H19N. The molecule has 1 nitrogen and oxygen atoms in total. The van der Waals surface area contributed by atoms with Gasteiger partial charge in [0.05, 0.1) is 6.07 Å². The second-order valence-corrected chi connectivity index (χ2v) is 4.31. The lowest BCUT2D eigenvalue weighted by atomic mass is 9.90. The van der Waals surface area contributed by atoms with E-state index >= 15 is 0 Å². The molecule has 2 rings (SSSR count). The Hall–Kier alpha value is -1.29. The average Bonchev–Trinajstić information content (AvgIpc) is 2.62. The maximum Gasteiger partial charge on any atom is 0.0587 e. The summed E-state index contributed by atoms with van der Waals surface area (Å²) in [6.45, 7) is 6.08. The molecule has 15 heavy (non-hydrogen) atoms. The van der Waals surface area contributed by atoms with E-state index in [9.17, 15) is 0 Å². The third-order valence-electron chi connectivity index (χ3n) is 2.98. The van der Waals surface area contributed by atoms with Crippen LogP contribution < -0.4 is 0 Å². The van der Waals surface area contributed by atoms with Crippen LogP contribution in [0.5, 0.6) is 0 Å². The van der Waals surface area contributed by atoms with Crippen molar-refractivity contribution in [1.29, 1.82) is 5.26 Å². The molecule has 0 fully saturated rings. The van der Waals surface area contributed by atoms with Crippen LogP contribution in [0.4, 0.5) is 0 Å². The fraction of sp³-hybridized carbons (Fsp3) is 0.500. The number of fused-ring (bicyclic) bond motifs is 1. The smallest absolute Gasteiger partial charge is 0.0587 e. The predicted octanol–water partition coefficient (Wildman–Crippen LogP) is 3.90. The number of nitriles is 1. The lowest BCUT2D eigenvalue weighted by Gasteiger charge is -2.14. The number of nitrogens with zero attached hydrogens (tertiary/aromatic N) is 1. The van der Waals surface area contributed by atoms with Crippen LogP contribution in [0.1, 0.15) is 44.2 Å². The van der Waals surface area contributed by atoms with Crippen LogP contribution in [0.25, 0.3) is 0 Å². The number of hydrogen-bond acceptors (Lipinski definition) is 1. The lowest BCUT2D eigenvalue weighted by Crippen LogP contribution is -2.01. The van der Waals surface area contributed by atoms with Crippen LogP contribution in [-0.4, -0.2) is 0 Å². The monoisotopic (exact) mass is 201 g/mol. The topological polar surface area (TPSA) is 23.8 Å². The van der Waals surface area contributed by atoms with E-state index < -0.39 is 0 Å². The summed E-state index contributed by atoms with van der Waals surface area (Å²) in [5.41, 5.74) is 3.18. The molecule has 1 aromatic rings. The summed E-state index contributed by atoms with van der Waals surface area (Å²) in [6.07, 6.45) is 2.65. The molecule has 1 aliphatic carbocycles. The summed E-state index contributed by atoms with van der Waals surface area (Å²) in [7, 11) is 0. The first kappa shape index (κ1) is 11.8. The van der Waals surface area contributed by atoms with Crippen LogP contribution >= 0.6 is 0 Å². The molecule has 0 saturated heterocycles. The Balaban J connectivity index is 0.000000337. The molecule has 0 saturated carbocycles. The predicted molar refractivity (Wildman–Crippen MR) is 63.6 cm³/mol. The molecule has 1 atom stereocenters. The summed E-state index contributed by atoms with van der Waals surface area (Å²) >= 11 is 0. The van der Waals surface area contributed by atoms with Gasteiger partial charge in [0.15, 0.2) is 0 Å². The fourth-order valence-electron chi connectivity index (χ4n) is 2.28. The standard InChI is InChI=1S/C12H16.C2H3N/c1-9(2)11-8-7-10-5-3-4-6-12(10)11;1-2-3/h3-6,9,11H,7-8H2,1-2H3;1H3. The normalized spacial score (nSPS) is 17.7. The quantitative estimate of drug-likeness (QED) is 0.676. The van der Waals surface area contributed by atoms with Gasteiger partial charge in [0, 0.05) is 6.92 Å². The highest BCUT2D eigenvalue weighted by molar-refractivity contribution is 5.34. The van der Waals surface area contributed by atoms with Gasteiger partial charge in [-0.05, 0) is 35.8 Å². The minimum Gasteiger partial charge on any atom is -0.199 e. The van der Waals surface area contributed by atoms with Gasteiger partial charge in [0.1, 0.15) is 0 Å². The average molecular weight is 201 g/mol. The number of hydrogen-bond donors (Lipinski definition) is 0. The van der Waals surface area contributed by atoms with Gasteiger partial charge in [-0.3, -0.25) is 0 Å². The van der Waals surface area contributed by atoms with Gasteiger partial charge in [-0.2, -0.15) is 5.26 Å². The minimum atomic E-state index is 0.800. The summed E-state index contributed by atoms with van der Waals surface area (Å²) in [6, 6.07) is 10.6. The van der Waals surface area contributed by atoms with E-state index in [-0.39, 0.29) is 0 Å². The van der Waals surface area contributed by atoms with E-state index in [1.54, 1.807) is 17.2 Å². The van der Waals surface area contributed by atoms with Crippen molar-refractivity contribution < 1.29 is 0 Å². The highest BCUT2D eigenvalue weighted by Crippen LogP contribution is 2.37. The molecule has 0 aliphatic heterocycles. The summed E-state index contributed by atoms with van der Waals surface area (Å²) in [4.78, 5) is 0. The Morgan fingerprint density at radius 3 is 2.53 bits per heavy atom. The number of aryl methyl sites for hydroxylation is 1. The third kappa shape index (κ3) is 2.83. The van der Waals surface area contributed by atoms with E-state index in [1.807, 2.05) is 0 Å². The largest absolute Gasteiger partial charge is 0.199 e. The molecular weight excluding hydrogens is 182 g/mol. The molecule has 0 radical (unpaired) electrons. The van der Waals surface area contributed by atoms with Crippen molar-refractivity contribution in [2.24, 2.45) is 5.92 Å². The Kier molecular flexibility index (Phi) is 4.37. The number of rotatable bonds is 1. The van der Waals surface area contributed by atoms with E-state index in [2.05, 4.69) is 38.1 Å². The van der Waals surface area contributed by atoms with E-state index in [1.165, 1.54) is 19.8 Å². The molecule has 0 bridgehead atoms. The summed E-state index contributed by atoms with van der Waals surface area (Å²) < 4.78 is 0. The first-order chi connectivity index (χ1) is 7.20. The van der Waals surface area contributed by atoms with Crippen molar-refractivity contribution in [2.75, 3.05) is 0 Å². The van der Waals surface area contributed by atoms with Gasteiger partial charge < -0.3 is 0 Å². The molecule has 1 aliphatic rings. The molecule has 1 unspecified atom stereocenters. The zero-order valence-corrected chi connectivity index (χ0v) is 9.83. The van der Waals surface area contributed by atoms with Crippen molar-refractivity contribution in [3.8, 4) is 6.07 Å². The number of benzene rings is 1. The maximum absolute atomic E-state index is 7.32. The molecule has 80 valence electrons. The summed E-state index contributed by atoms with van der Waals surface area (Å²) in [5, 5.41) is 7.32. The SMILES string of the molecule is CC#N.CC(C)C1CCc2ccccc21. The lowest BCUT2D eigenvalue weighted by molar-refractivity contribution is 0.496. The third-order valence-corrected chi connectivity index (χ3v) is 2.98. The second kappa shape index (κ2) is 5.56. The molecule has 0 N–H and O–H groups in total. The van der Waals surface area contributed by atoms with Crippen LogP contribution in [0.3, 0.4) is 0 Å². The Morgan fingerprint density at radius 2 is 1.93 bits per heavy atom. The molecule has 0 amide bonds.